The molecule has 0 bridgehead atoms. The molecule has 0 heterocycles. The van der Waals surface area contributed by atoms with E-state index in [2.05, 4.69) is 0 Å². The normalized spacial score (nSPS) is 36.2. The summed E-state index contributed by atoms with van der Waals surface area (Å²) in [6.45, 7) is 3.82. The van der Waals surface area contributed by atoms with Crippen LogP contribution in [0.4, 0.5) is 0 Å². The van der Waals surface area contributed by atoms with Crippen LogP contribution in [-0.2, 0) is 4.79 Å². The van der Waals surface area contributed by atoms with Gasteiger partial charge in [-0.25, -0.2) is 0 Å². The molecule has 0 aliphatic heterocycles. The molecular weight excluding hydrogens is 166 g/mol. The molecule has 0 spiro atoms. The van der Waals surface area contributed by atoms with E-state index >= 15 is 0 Å². The predicted molar refractivity (Wildman–Crippen MR) is 51.2 cm³/mol. The molecule has 3 unspecified atom stereocenters. The number of hydrogen-bond donors (Lipinski definition) is 2. The molecular formula is C10H19NO2. The Labute approximate surface area is 79.3 Å². The predicted octanol–water partition coefficient (Wildman–Crippen LogP) is 0.844. The molecule has 3 N–H and O–H groups in total. The second-order valence-electron chi connectivity index (χ2n) is 4.21. The van der Waals surface area contributed by atoms with Crippen molar-refractivity contribution in [1.29, 1.82) is 0 Å². The molecule has 1 aliphatic carbocycles. The van der Waals surface area contributed by atoms with Crippen LogP contribution in [0.1, 0.15) is 39.5 Å². The van der Waals surface area contributed by atoms with Crippen LogP contribution in [0.25, 0.3) is 0 Å². The summed E-state index contributed by atoms with van der Waals surface area (Å²) < 4.78 is 0. The van der Waals surface area contributed by atoms with Crippen LogP contribution in [-0.4, -0.2) is 22.5 Å². The monoisotopic (exact) mass is 185 g/mol. The maximum atomic E-state index is 11.7. The van der Waals surface area contributed by atoms with Crippen LogP contribution < -0.4 is 5.73 Å². The number of Topliss-reactive ketones (excluding diaryl/α,β-unsaturated/α-hetero) is 1. The van der Waals surface area contributed by atoms with Gasteiger partial charge >= 0.3 is 0 Å². The lowest BCUT2D eigenvalue weighted by Gasteiger charge is -2.23. The van der Waals surface area contributed by atoms with Gasteiger partial charge < -0.3 is 10.8 Å². The summed E-state index contributed by atoms with van der Waals surface area (Å²) in [6.07, 6.45) is 2.53. The Morgan fingerprint density at radius 1 is 1.77 bits per heavy atom. The summed E-state index contributed by atoms with van der Waals surface area (Å²) >= 11 is 0. The Morgan fingerprint density at radius 3 is 2.77 bits per heavy atom. The van der Waals surface area contributed by atoms with E-state index in [1.165, 1.54) is 0 Å². The fourth-order valence-corrected chi connectivity index (χ4v) is 1.93. The number of aliphatic hydroxyl groups is 1. The summed E-state index contributed by atoms with van der Waals surface area (Å²) in [7, 11) is 0. The Morgan fingerprint density at radius 2 is 2.38 bits per heavy atom. The molecule has 1 saturated carbocycles. The van der Waals surface area contributed by atoms with E-state index in [4.69, 9.17) is 5.73 Å². The third kappa shape index (κ3) is 2.09. The number of nitrogens with two attached hydrogens (primary N) is 1. The van der Waals surface area contributed by atoms with Crippen molar-refractivity contribution >= 4 is 5.78 Å². The zero-order valence-electron chi connectivity index (χ0n) is 8.42. The number of hydrogen-bond acceptors (Lipinski definition) is 3. The van der Waals surface area contributed by atoms with Crippen LogP contribution in [0.15, 0.2) is 0 Å². The van der Waals surface area contributed by atoms with Crippen molar-refractivity contribution < 1.29 is 9.90 Å². The quantitative estimate of drug-likeness (QED) is 0.685. The van der Waals surface area contributed by atoms with Crippen LogP contribution >= 0.6 is 0 Å². The molecule has 0 aromatic carbocycles. The van der Waals surface area contributed by atoms with Gasteiger partial charge in [-0.1, -0.05) is 13.8 Å². The fraction of sp³-hybridized carbons (Fsp3) is 0.900. The Balaban J connectivity index is 2.65. The van der Waals surface area contributed by atoms with Crippen molar-refractivity contribution in [3.8, 4) is 0 Å². The van der Waals surface area contributed by atoms with E-state index < -0.39 is 5.60 Å². The van der Waals surface area contributed by atoms with Gasteiger partial charge in [-0.05, 0) is 25.7 Å². The molecule has 76 valence electrons. The van der Waals surface area contributed by atoms with E-state index in [-0.39, 0.29) is 17.7 Å². The maximum absolute atomic E-state index is 11.7. The van der Waals surface area contributed by atoms with Crippen LogP contribution in [0.3, 0.4) is 0 Å². The molecule has 0 radical (unpaired) electrons. The summed E-state index contributed by atoms with van der Waals surface area (Å²) in [4.78, 5) is 11.7. The molecule has 1 rings (SSSR count). The molecule has 13 heavy (non-hydrogen) atoms. The second kappa shape index (κ2) is 3.76. The van der Waals surface area contributed by atoms with E-state index in [0.717, 1.165) is 12.8 Å². The molecule has 1 fully saturated rings. The van der Waals surface area contributed by atoms with Gasteiger partial charge in [0.15, 0.2) is 5.78 Å². The minimum absolute atomic E-state index is 0.00185. The van der Waals surface area contributed by atoms with Gasteiger partial charge in [0.2, 0.25) is 0 Å². The molecule has 0 amide bonds. The topological polar surface area (TPSA) is 63.3 Å². The first-order chi connectivity index (χ1) is 5.99. The number of carbonyl (C=O) groups is 1. The van der Waals surface area contributed by atoms with E-state index in [1.807, 2.05) is 13.8 Å². The van der Waals surface area contributed by atoms with E-state index in [1.54, 1.807) is 0 Å². The average Bonchev–Trinajstić information content (AvgIpc) is 2.45. The SMILES string of the molecule is CCC(C)C(=O)C1(O)CCC(N)C1. The van der Waals surface area contributed by atoms with Crippen LogP contribution in [0.2, 0.25) is 0 Å². The molecule has 3 atom stereocenters. The van der Waals surface area contributed by atoms with Gasteiger partial charge in [0.1, 0.15) is 5.60 Å². The number of ketones is 1. The molecule has 3 heteroatoms. The summed E-state index contributed by atoms with van der Waals surface area (Å²) in [5.41, 5.74) is 4.56. The average molecular weight is 185 g/mol. The van der Waals surface area contributed by atoms with Crippen molar-refractivity contribution in [2.24, 2.45) is 11.7 Å². The Hall–Kier alpha value is -0.410. The maximum Gasteiger partial charge on any atom is 0.167 e. The van der Waals surface area contributed by atoms with Gasteiger partial charge in [0, 0.05) is 12.0 Å². The lowest BCUT2D eigenvalue weighted by atomic mass is 9.87. The summed E-state index contributed by atoms with van der Waals surface area (Å²) in [5, 5.41) is 10.0. The summed E-state index contributed by atoms with van der Waals surface area (Å²) in [6, 6.07) is -0.00185. The molecule has 0 aromatic heterocycles. The van der Waals surface area contributed by atoms with E-state index in [0.29, 0.717) is 12.8 Å². The van der Waals surface area contributed by atoms with Crippen molar-refractivity contribution in [2.45, 2.75) is 51.2 Å². The highest BCUT2D eigenvalue weighted by atomic mass is 16.3. The zero-order valence-corrected chi connectivity index (χ0v) is 8.42. The third-order valence-corrected chi connectivity index (χ3v) is 3.05. The Kier molecular flexibility index (Phi) is 3.09. The van der Waals surface area contributed by atoms with Crippen molar-refractivity contribution in [1.82, 2.24) is 0 Å². The lowest BCUT2D eigenvalue weighted by Crippen LogP contribution is -2.40. The minimum Gasteiger partial charge on any atom is -0.382 e. The molecule has 0 saturated heterocycles. The third-order valence-electron chi connectivity index (χ3n) is 3.05. The highest BCUT2D eigenvalue weighted by molar-refractivity contribution is 5.89. The summed E-state index contributed by atoms with van der Waals surface area (Å²) in [5.74, 6) is -0.0711. The zero-order chi connectivity index (χ0) is 10.1. The van der Waals surface area contributed by atoms with Gasteiger partial charge in [0.05, 0.1) is 0 Å². The smallest absolute Gasteiger partial charge is 0.167 e. The largest absolute Gasteiger partial charge is 0.382 e. The highest BCUT2D eigenvalue weighted by Crippen LogP contribution is 2.32. The van der Waals surface area contributed by atoms with Gasteiger partial charge in [-0.15, -0.1) is 0 Å². The first kappa shape index (κ1) is 10.7. The second-order valence-corrected chi connectivity index (χ2v) is 4.21. The highest BCUT2D eigenvalue weighted by Gasteiger charge is 2.43. The standard InChI is InChI=1S/C10H19NO2/c1-3-7(2)9(12)10(13)5-4-8(11)6-10/h7-8,13H,3-6,11H2,1-2H3. The van der Waals surface area contributed by atoms with Crippen molar-refractivity contribution in [2.75, 3.05) is 0 Å². The van der Waals surface area contributed by atoms with Gasteiger partial charge in [-0.2, -0.15) is 0 Å². The van der Waals surface area contributed by atoms with Gasteiger partial charge in [-0.3, -0.25) is 4.79 Å². The van der Waals surface area contributed by atoms with Crippen molar-refractivity contribution in [3.05, 3.63) is 0 Å². The van der Waals surface area contributed by atoms with Crippen molar-refractivity contribution in [3.63, 3.8) is 0 Å². The fourth-order valence-electron chi connectivity index (χ4n) is 1.93. The molecule has 1 aliphatic rings. The Bertz CT molecular complexity index is 205. The van der Waals surface area contributed by atoms with Crippen LogP contribution in [0.5, 0.6) is 0 Å². The minimum atomic E-state index is -1.12. The lowest BCUT2D eigenvalue weighted by molar-refractivity contribution is -0.140. The molecule has 3 nitrogen and oxygen atoms in total. The van der Waals surface area contributed by atoms with E-state index in [9.17, 15) is 9.90 Å². The number of rotatable bonds is 3. The first-order valence-electron chi connectivity index (χ1n) is 5.02. The van der Waals surface area contributed by atoms with Gasteiger partial charge in [0.25, 0.3) is 0 Å². The number of carbonyl (C=O) groups excluding carboxylic acids is 1. The first-order valence-corrected chi connectivity index (χ1v) is 5.02. The van der Waals surface area contributed by atoms with Crippen LogP contribution in [0, 0.1) is 5.92 Å². The molecule has 0 aromatic rings.